The van der Waals surface area contributed by atoms with Crippen LogP contribution in [0.5, 0.6) is 0 Å². The van der Waals surface area contributed by atoms with Gasteiger partial charge in [-0.15, -0.1) is 0 Å². The van der Waals surface area contributed by atoms with E-state index < -0.39 is 0 Å². The van der Waals surface area contributed by atoms with Crippen LogP contribution in [0.2, 0.25) is 0 Å². The van der Waals surface area contributed by atoms with Crippen LogP contribution in [0.3, 0.4) is 0 Å². The fourth-order valence-corrected chi connectivity index (χ4v) is 2.33. The molecule has 0 spiro atoms. The number of hydrogen-bond acceptors (Lipinski definition) is 1. The summed E-state index contributed by atoms with van der Waals surface area (Å²) in [5, 5.41) is 10.2. The van der Waals surface area contributed by atoms with E-state index in [-0.39, 0.29) is 11.5 Å². The molecule has 0 fully saturated rings. The second-order valence-corrected chi connectivity index (χ2v) is 7.08. The number of hydrogen-bond donors (Lipinski definition) is 1. The second-order valence-electron chi connectivity index (χ2n) is 7.08. The first-order chi connectivity index (χ1) is 7.12. The molecule has 0 aromatic rings. The number of aliphatic hydroxyl groups excluding tert-OH is 1. The first kappa shape index (κ1) is 16.0. The van der Waals surface area contributed by atoms with Crippen LogP contribution in [0.15, 0.2) is 0 Å². The molecule has 0 bridgehead atoms. The highest BCUT2D eigenvalue weighted by Crippen LogP contribution is 2.35. The quantitative estimate of drug-likeness (QED) is 0.702. The highest BCUT2D eigenvalue weighted by atomic mass is 16.3. The van der Waals surface area contributed by atoms with Crippen molar-refractivity contribution in [3.05, 3.63) is 0 Å². The third-order valence-electron chi connectivity index (χ3n) is 4.02. The predicted octanol–water partition coefficient (Wildman–Crippen LogP) is 4.64. The largest absolute Gasteiger partial charge is 0.393 e. The lowest BCUT2D eigenvalue weighted by Gasteiger charge is -2.34. The Hall–Kier alpha value is -0.0400. The number of aliphatic hydroxyl groups is 1. The van der Waals surface area contributed by atoms with Crippen LogP contribution in [0, 0.1) is 16.7 Å². The predicted molar refractivity (Wildman–Crippen MR) is 72.5 cm³/mol. The van der Waals surface area contributed by atoms with Crippen molar-refractivity contribution in [2.75, 3.05) is 0 Å². The fourth-order valence-electron chi connectivity index (χ4n) is 2.33. The van der Waals surface area contributed by atoms with E-state index in [1.165, 1.54) is 0 Å². The molecule has 1 heteroatoms. The van der Waals surface area contributed by atoms with Gasteiger partial charge in [-0.2, -0.15) is 0 Å². The van der Waals surface area contributed by atoms with E-state index in [4.69, 9.17) is 0 Å². The molecule has 0 aliphatic rings. The minimum absolute atomic E-state index is 0.140. The average molecular weight is 228 g/mol. The third-order valence-corrected chi connectivity index (χ3v) is 4.02. The van der Waals surface area contributed by atoms with E-state index in [1.54, 1.807) is 0 Å². The molecular formula is C15H32O. The zero-order valence-corrected chi connectivity index (χ0v) is 12.4. The van der Waals surface area contributed by atoms with E-state index in [9.17, 15) is 5.11 Å². The molecule has 1 nitrogen and oxygen atoms in total. The van der Waals surface area contributed by atoms with Gasteiger partial charge in [-0.3, -0.25) is 0 Å². The maximum Gasteiger partial charge on any atom is 0.0548 e. The van der Waals surface area contributed by atoms with E-state index in [2.05, 4.69) is 48.5 Å². The highest BCUT2D eigenvalue weighted by Gasteiger charge is 2.28. The van der Waals surface area contributed by atoms with Crippen molar-refractivity contribution >= 4 is 0 Å². The van der Waals surface area contributed by atoms with Gasteiger partial charge >= 0.3 is 0 Å². The average Bonchev–Trinajstić information content (AvgIpc) is 2.11. The van der Waals surface area contributed by atoms with Crippen LogP contribution in [0.25, 0.3) is 0 Å². The van der Waals surface area contributed by atoms with Crippen molar-refractivity contribution in [3.63, 3.8) is 0 Å². The Morgan fingerprint density at radius 2 is 1.50 bits per heavy atom. The lowest BCUT2D eigenvalue weighted by Crippen LogP contribution is -2.28. The van der Waals surface area contributed by atoms with Crippen molar-refractivity contribution in [1.29, 1.82) is 0 Å². The molecule has 0 heterocycles. The van der Waals surface area contributed by atoms with Gasteiger partial charge in [0.1, 0.15) is 0 Å². The van der Waals surface area contributed by atoms with Gasteiger partial charge in [-0.05, 0) is 29.6 Å². The van der Waals surface area contributed by atoms with Crippen molar-refractivity contribution in [1.82, 2.24) is 0 Å². The first-order valence-corrected chi connectivity index (χ1v) is 6.80. The summed E-state index contributed by atoms with van der Waals surface area (Å²) in [5.74, 6) is 0.621. The lowest BCUT2D eigenvalue weighted by atomic mass is 9.74. The summed E-state index contributed by atoms with van der Waals surface area (Å²) < 4.78 is 0. The fraction of sp³-hybridized carbons (Fsp3) is 1.00. The lowest BCUT2D eigenvalue weighted by molar-refractivity contribution is 0.0624. The maximum absolute atomic E-state index is 10.2. The molecular weight excluding hydrogens is 196 g/mol. The molecule has 0 aliphatic carbocycles. The van der Waals surface area contributed by atoms with Gasteiger partial charge in [0, 0.05) is 0 Å². The van der Waals surface area contributed by atoms with E-state index in [0.29, 0.717) is 11.3 Å². The zero-order valence-electron chi connectivity index (χ0n) is 12.4. The molecule has 2 atom stereocenters. The smallest absolute Gasteiger partial charge is 0.0548 e. The number of rotatable bonds is 6. The Balaban J connectivity index is 4.27. The van der Waals surface area contributed by atoms with Gasteiger partial charge in [-0.25, -0.2) is 0 Å². The van der Waals surface area contributed by atoms with Crippen LogP contribution in [-0.2, 0) is 0 Å². The topological polar surface area (TPSA) is 20.2 Å². The molecule has 0 aromatic carbocycles. The SMILES string of the molecule is CCC(CC(O)CC(C)(C)CC)C(C)(C)C. The molecule has 0 saturated carbocycles. The minimum atomic E-state index is -0.140. The van der Waals surface area contributed by atoms with Gasteiger partial charge in [0.25, 0.3) is 0 Å². The van der Waals surface area contributed by atoms with Crippen molar-refractivity contribution in [3.8, 4) is 0 Å². The van der Waals surface area contributed by atoms with Gasteiger partial charge in [0.15, 0.2) is 0 Å². The molecule has 0 radical (unpaired) electrons. The summed E-state index contributed by atoms with van der Waals surface area (Å²) in [4.78, 5) is 0. The van der Waals surface area contributed by atoms with Gasteiger partial charge in [-0.1, -0.05) is 61.3 Å². The standard InChI is InChI=1S/C15H32O/c1-8-12(14(3,4)5)10-13(16)11-15(6,7)9-2/h12-13,16H,8-11H2,1-7H3. The molecule has 0 aromatic heterocycles. The van der Waals surface area contributed by atoms with Crippen LogP contribution >= 0.6 is 0 Å². The monoisotopic (exact) mass is 228 g/mol. The molecule has 98 valence electrons. The molecule has 0 aliphatic heterocycles. The van der Waals surface area contributed by atoms with Crippen LogP contribution in [0.4, 0.5) is 0 Å². The molecule has 2 unspecified atom stereocenters. The molecule has 0 rings (SSSR count). The van der Waals surface area contributed by atoms with E-state index >= 15 is 0 Å². The minimum Gasteiger partial charge on any atom is -0.393 e. The summed E-state index contributed by atoms with van der Waals surface area (Å²) in [5.41, 5.74) is 0.585. The summed E-state index contributed by atoms with van der Waals surface area (Å²) in [6, 6.07) is 0. The van der Waals surface area contributed by atoms with E-state index in [0.717, 1.165) is 25.7 Å². The molecule has 0 saturated heterocycles. The van der Waals surface area contributed by atoms with Crippen LogP contribution in [-0.4, -0.2) is 11.2 Å². The zero-order chi connectivity index (χ0) is 13.0. The Kier molecular flexibility index (Phi) is 6.03. The van der Waals surface area contributed by atoms with Crippen LogP contribution in [0.1, 0.15) is 74.1 Å². The molecule has 1 N–H and O–H groups in total. The highest BCUT2D eigenvalue weighted by molar-refractivity contribution is 4.79. The van der Waals surface area contributed by atoms with Gasteiger partial charge in [0.05, 0.1) is 6.10 Å². The van der Waals surface area contributed by atoms with Gasteiger partial charge in [0.2, 0.25) is 0 Å². The van der Waals surface area contributed by atoms with Gasteiger partial charge < -0.3 is 5.11 Å². The summed E-state index contributed by atoms with van der Waals surface area (Å²) >= 11 is 0. The van der Waals surface area contributed by atoms with Crippen molar-refractivity contribution in [2.24, 2.45) is 16.7 Å². The van der Waals surface area contributed by atoms with E-state index in [1.807, 2.05) is 0 Å². The first-order valence-electron chi connectivity index (χ1n) is 6.80. The summed E-state index contributed by atoms with van der Waals surface area (Å²) in [7, 11) is 0. The molecule has 16 heavy (non-hydrogen) atoms. The third kappa shape index (κ3) is 5.89. The maximum atomic E-state index is 10.2. The van der Waals surface area contributed by atoms with Crippen molar-refractivity contribution in [2.45, 2.75) is 80.3 Å². The summed E-state index contributed by atoms with van der Waals surface area (Å²) in [6.45, 7) is 15.8. The normalized spacial score (nSPS) is 17.2. The summed E-state index contributed by atoms with van der Waals surface area (Å²) in [6.07, 6.45) is 4.03. The second kappa shape index (κ2) is 6.05. The Morgan fingerprint density at radius 3 is 1.81 bits per heavy atom. The van der Waals surface area contributed by atoms with Crippen LogP contribution < -0.4 is 0 Å². The molecule has 0 amide bonds. The Morgan fingerprint density at radius 1 is 1.00 bits per heavy atom. The Labute approximate surface area is 103 Å². The van der Waals surface area contributed by atoms with Crippen molar-refractivity contribution < 1.29 is 5.11 Å². The Bertz CT molecular complexity index is 188.